The first-order chi connectivity index (χ1) is 15.6. The van der Waals surface area contributed by atoms with Crippen molar-refractivity contribution in [3.63, 3.8) is 0 Å². The lowest BCUT2D eigenvalue weighted by Gasteiger charge is -2.44. The normalized spacial score (nSPS) is 20.5. The SMILES string of the molecule is CN(C)C1(C(NC(=O)c2cc(C(F)(F)F)nc3c2C=CC(Cl)C3)c2ccccc2)CCCC1. The van der Waals surface area contributed by atoms with Gasteiger partial charge in [0.2, 0.25) is 0 Å². The smallest absolute Gasteiger partial charge is 0.343 e. The molecule has 1 aromatic carbocycles. The molecule has 2 aliphatic carbocycles. The molecule has 0 aliphatic heterocycles. The molecule has 33 heavy (non-hydrogen) atoms. The minimum atomic E-state index is -4.66. The van der Waals surface area contributed by atoms with Gasteiger partial charge in [-0.2, -0.15) is 13.2 Å². The molecule has 8 heteroatoms. The first-order valence-corrected chi connectivity index (χ1v) is 11.5. The molecule has 2 aromatic rings. The average molecular weight is 478 g/mol. The van der Waals surface area contributed by atoms with Crippen molar-refractivity contribution in [2.45, 2.75) is 55.2 Å². The molecule has 0 bridgehead atoms. The number of allylic oxidation sites excluding steroid dienone is 1. The van der Waals surface area contributed by atoms with Crippen LogP contribution in [0.4, 0.5) is 13.2 Å². The summed E-state index contributed by atoms with van der Waals surface area (Å²) in [5, 5.41) is 2.65. The second kappa shape index (κ2) is 9.11. The van der Waals surface area contributed by atoms with Gasteiger partial charge in [-0.3, -0.25) is 4.79 Å². The summed E-state index contributed by atoms with van der Waals surface area (Å²) in [5.41, 5.74) is 0.0850. The Kier molecular flexibility index (Phi) is 6.56. The number of fused-ring (bicyclic) bond motifs is 1. The average Bonchev–Trinajstić information content (AvgIpc) is 3.27. The topological polar surface area (TPSA) is 45.2 Å². The van der Waals surface area contributed by atoms with Crippen LogP contribution in [0.1, 0.15) is 64.6 Å². The number of nitrogens with one attached hydrogen (secondary N) is 1. The number of rotatable bonds is 5. The first kappa shape index (κ1) is 23.8. The lowest BCUT2D eigenvalue weighted by atomic mass is 9.82. The predicted octanol–water partition coefficient (Wildman–Crippen LogP) is 5.62. The van der Waals surface area contributed by atoms with E-state index in [1.54, 1.807) is 12.2 Å². The molecule has 2 aliphatic rings. The molecule has 0 radical (unpaired) electrons. The van der Waals surface area contributed by atoms with Gasteiger partial charge in [0.25, 0.3) is 5.91 Å². The fraction of sp³-hybridized carbons (Fsp3) is 0.440. The molecule has 4 rings (SSSR count). The zero-order chi connectivity index (χ0) is 23.8. The number of hydrogen-bond donors (Lipinski definition) is 1. The number of amides is 1. The van der Waals surface area contributed by atoms with Gasteiger partial charge in [0.1, 0.15) is 5.69 Å². The Bertz CT molecular complexity index is 1050. The fourth-order valence-electron chi connectivity index (χ4n) is 5.10. The van der Waals surface area contributed by atoms with Crippen LogP contribution in [0.25, 0.3) is 6.08 Å². The van der Waals surface area contributed by atoms with E-state index in [1.165, 1.54) is 0 Å². The number of hydrogen-bond acceptors (Lipinski definition) is 3. The van der Waals surface area contributed by atoms with Crippen LogP contribution >= 0.6 is 11.6 Å². The lowest BCUT2D eigenvalue weighted by molar-refractivity contribution is -0.141. The molecular formula is C25H27ClF3N3O. The molecular weight excluding hydrogens is 451 g/mol. The summed E-state index contributed by atoms with van der Waals surface area (Å²) < 4.78 is 40.8. The van der Waals surface area contributed by atoms with Crippen molar-refractivity contribution in [3.05, 3.63) is 70.6 Å². The second-order valence-electron chi connectivity index (χ2n) is 9.01. The quantitative estimate of drug-likeness (QED) is 0.568. The maximum absolute atomic E-state index is 13.6. The van der Waals surface area contributed by atoms with Crippen LogP contribution < -0.4 is 5.32 Å². The van der Waals surface area contributed by atoms with Gasteiger partial charge in [0.15, 0.2) is 0 Å². The van der Waals surface area contributed by atoms with E-state index in [0.29, 0.717) is 5.56 Å². The van der Waals surface area contributed by atoms with Crippen LogP contribution in [0.15, 0.2) is 42.5 Å². The summed E-state index contributed by atoms with van der Waals surface area (Å²) in [4.78, 5) is 19.5. The maximum Gasteiger partial charge on any atom is 0.433 e. The van der Waals surface area contributed by atoms with Gasteiger partial charge >= 0.3 is 6.18 Å². The van der Waals surface area contributed by atoms with E-state index >= 15 is 0 Å². The number of nitrogens with zero attached hydrogens (tertiary/aromatic N) is 2. The number of halogens is 4. The van der Waals surface area contributed by atoms with Crippen LogP contribution in [0.3, 0.4) is 0 Å². The minimum absolute atomic E-state index is 0.0278. The monoisotopic (exact) mass is 477 g/mol. The Morgan fingerprint density at radius 1 is 1.21 bits per heavy atom. The van der Waals surface area contributed by atoms with E-state index in [-0.39, 0.29) is 29.3 Å². The van der Waals surface area contributed by atoms with Gasteiger partial charge < -0.3 is 10.2 Å². The van der Waals surface area contributed by atoms with Crippen molar-refractivity contribution >= 4 is 23.6 Å². The van der Waals surface area contributed by atoms with Crippen LogP contribution in [0, 0.1) is 0 Å². The highest BCUT2D eigenvalue weighted by atomic mass is 35.5. The minimum Gasteiger partial charge on any atom is -0.343 e. The third-order valence-electron chi connectivity index (χ3n) is 6.84. The molecule has 1 amide bonds. The summed E-state index contributed by atoms with van der Waals surface area (Å²) in [7, 11) is 3.99. The van der Waals surface area contributed by atoms with Crippen LogP contribution in [0.2, 0.25) is 0 Å². The number of carbonyl (C=O) groups is 1. The van der Waals surface area contributed by atoms with E-state index in [2.05, 4.69) is 15.2 Å². The van der Waals surface area contributed by atoms with Crippen molar-refractivity contribution in [3.8, 4) is 0 Å². The van der Waals surface area contributed by atoms with Crippen LogP contribution in [-0.2, 0) is 12.6 Å². The largest absolute Gasteiger partial charge is 0.433 e. The molecule has 0 saturated heterocycles. The number of benzene rings is 1. The van der Waals surface area contributed by atoms with Crippen molar-refractivity contribution in [1.82, 2.24) is 15.2 Å². The standard InChI is InChI=1S/C25H27ClF3N3O/c1-32(2)24(12-6-7-13-24)22(16-8-4-3-5-9-16)31-23(33)19-15-21(25(27,28)29)30-20-14-17(26)10-11-18(19)20/h3-5,8-11,15,17,22H,6-7,12-14H2,1-2H3,(H,31,33). The van der Waals surface area contributed by atoms with Crippen molar-refractivity contribution in [2.24, 2.45) is 0 Å². The summed E-state index contributed by atoms with van der Waals surface area (Å²) in [5.74, 6) is -0.543. The van der Waals surface area contributed by atoms with Crippen molar-refractivity contribution in [1.29, 1.82) is 0 Å². The van der Waals surface area contributed by atoms with Gasteiger partial charge in [-0.15, -0.1) is 11.6 Å². The van der Waals surface area contributed by atoms with Gasteiger partial charge in [0.05, 0.1) is 22.7 Å². The highest BCUT2D eigenvalue weighted by Crippen LogP contribution is 2.44. The third-order valence-corrected chi connectivity index (χ3v) is 7.14. The van der Waals surface area contributed by atoms with E-state index in [4.69, 9.17) is 11.6 Å². The van der Waals surface area contributed by atoms with E-state index in [0.717, 1.165) is 37.3 Å². The van der Waals surface area contributed by atoms with Gasteiger partial charge in [-0.1, -0.05) is 55.3 Å². The number of alkyl halides is 4. The van der Waals surface area contributed by atoms with Crippen molar-refractivity contribution < 1.29 is 18.0 Å². The van der Waals surface area contributed by atoms with Crippen LogP contribution in [-0.4, -0.2) is 40.8 Å². The first-order valence-electron chi connectivity index (χ1n) is 11.1. The molecule has 1 fully saturated rings. The number of aromatic nitrogens is 1. The summed E-state index contributed by atoms with van der Waals surface area (Å²) in [6.45, 7) is 0. The summed E-state index contributed by atoms with van der Waals surface area (Å²) in [6, 6.07) is 10.1. The highest BCUT2D eigenvalue weighted by Gasteiger charge is 2.45. The van der Waals surface area contributed by atoms with Crippen molar-refractivity contribution in [2.75, 3.05) is 14.1 Å². The van der Waals surface area contributed by atoms with E-state index in [1.807, 2.05) is 44.4 Å². The van der Waals surface area contributed by atoms with Gasteiger partial charge in [-0.25, -0.2) is 4.98 Å². The van der Waals surface area contributed by atoms with Gasteiger partial charge in [-0.05, 0) is 38.6 Å². The highest BCUT2D eigenvalue weighted by molar-refractivity contribution is 6.22. The zero-order valence-electron chi connectivity index (χ0n) is 18.6. The Balaban J connectivity index is 1.78. The van der Waals surface area contributed by atoms with Gasteiger partial charge in [0, 0.05) is 17.5 Å². The van der Waals surface area contributed by atoms with E-state index < -0.39 is 23.2 Å². The molecule has 1 N–H and O–H groups in total. The molecule has 1 saturated carbocycles. The fourth-order valence-corrected chi connectivity index (χ4v) is 5.32. The molecule has 1 heterocycles. The summed E-state index contributed by atoms with van der Waals surface area (Å²) in [6.07, 6.45) is 2.59. The van der Waals surface area contributed by atoms with E-state index in [9.17, 15) is 18.0 Å². The zero-order valence-corrected chi connectivity index (χ0v) is 19.4. The lowest BCUT2D eigenvalue weighted by Crippen LogP contribution is -2.53. The molecule has 0 spiro atoms. The maximum atomic E-state index is 13.6. The molecule has 176 valence electrons. The Hall–Kier alpha value is -2.38. The Morgan fingerprint density at radius 3 is 2.48 bits per heavy atom. The predicted molar refractivity (Wildman–Crippen MR) is 123 cm³/mol. The molecule has 2 atom stereocenters. The Labute approximate surface area is 196 Å². The molecule has 2 unspecified atom stereocenters. The number of likely N-dealkylation sites (N-methyl/N-ethyl adjacent to an activating group) is 1. The second-order valence-corrected chi connectivity index (χ2v) is 9.58. The number of carbonyl (C=O) groups excluding carboxylic acids is 1. The van der Waals surface area contributed by atoms with Crippen LogP contribution in [0.5, 0.6) is 0 Å². The number of pyridine rings is 1. The molecule has 1 aromatic heterocycles. The summed E-state index contributed by atoms with van der Waals surface area (Å²) >= 11 is 6.13. The molecule has 4 nitrogen and oxygen atoms in total. The Morgan fingerprint density at radius 2 is 1.88 bits per heavy atom. The third kappa shape index (κ3) is 4.66.